The minimum atomic E-state index is -0.634. The quantitative estimate of drug-likeness (QED) is 0.593. The van der Waals surface area contributed by atoms with Crippen molar-refractivity contribution < 1.29 is 0 Å². The Balaban J connectivity index is 2.51. The molecular weight excluding hydrogens is 172 g/mol. The lowest BCUT2D eigenvalue weighted by atomic mass is 10.1. The molecule has 0 bridgehead atoms. The van der Waals surface area contributed by atoms with Gasteiger partial charge in [0, 0.05) is 0 Å². The van der Waals surface area contributed by atoms with E-state index in [0.717, 1.165) is 0 Å². The Morgan fingerprint density at radius 1 is 1.23 bits per heavy atom. The second-order valence-corrected chi connectivity index (χ2v) is 7.17. The summed E-state index contributed by atoms with van der Waals surface area (Å²) in [6, 6.07) is 6.77. The molecule has 0 unspecified atom stereocenters. The van der Waals surface area contributed by atoms with Crippen molar-refractivity contribution in [3.05, 3.63) is 34.9 Å². The van der Waals surface area contributed by atoms with Gasteiger partial charge in [-0.3, -0.25) is 0 Å². The normalized spacial score (nSPS) is 14.6. The summed E-state index contributed by atoms with van der Waals surface area (Å²) in [5, 5.41) is 1.66. The maximum atomic E-state index is 2.41. The summed E-state index contributed by atoms with van der Waals surface area (Å²) in [6.07, 6.45) is 3.52. The molecule has 0 aliphatic heterocycles. The highest BCUT2D eigenvalue weighted by molar-refractivity contribution is 6.71. The first-order chi connectivity index (χ1) is 6.18. The highest BCUT2D eigenvalue weighted by Crippen LogP contribution is 2.23. The maximum absolute atomic E-state index is 2.41. The molecule has 0 N–H and O–H groups in total. The molecule has 68 valence electrons. The summed E-state index contributed by atoms with van der Waals surface area (Å²) in [5.41, 5.74) is 4.59. The number of hydrogen-bond donors (Lipinski definition) is 0. The second-order valence-electron chi connectivity index (χ2n) is 4.24. The van der Waals surface area contributed by atoms with Gasteiger partial charge < -0.3 is 0 Å². The van der Waals surface area contributed by atoms with Crippen LogP contribution in [-0.2, 0) is 6.42 Å². The van der Waals surface area contributed by atoms with E-state index >= 15 is 0 Å². The van der Waals surface area contributed by atoms with Crippen molar-refractivity contribution in [1.82, 2.24) is 0 Å². The minimum Gasteiger partial charge on any atom is -0.0683 e. The van der Waals surface area contributed by atoms with Gasteiger partial charge in [-0.25, -0.2) is 0 Å². The van der Waals surface area contributed by atoms with Crippen LogP contribution in [0.2, 0.25) is 13.1 Å². The first kappa shape index (κ1) is 8.76. The van der Waals surface area contributed by atoms with Crippen LogP contribution in [0.3, 0.4) is 0 Å². The van der Waals surface area contributed by atoms with Crippen molar-refractivity contribution in [2.75, 3.05) is 0 Å². The van der Waals surface area contributed by atoms with E-state index in [4.69, 9.17) is 0 Å². The molecule has 0 saturated carbocycles. The molecule has 0 fully saturated rings. The highest BCUT2D eigenvalue weighted by atomic mass is 28.3. The van der Waals surface area contributed by atoms with Crippen LogP contribution in [0.1, 0.15) is 18.1 Å². The van der Waals surface area contributed by atoms with Crippen LogP contribution < -0.4 is 5.19 Å². The van der Waals surface area contributed by atoms with Crippen LogP contribution in [0, 0.1) is 0 Å². The average molecular weight is 188 g/mol. The molecule has 0 atom stereocenters. The van der Waals surface area contributed by atoms with E-state index < -0.39 is 8.80 Å². The zero-order valence-corrected chi connectivity index (χ0v) is 9.75. The van der Waals surface area contributed by atoms with Gasteiger partial charge in [-0.2, -0.15) is 0 Å². The molecule has 0 aromatic heterocycles. The molecule has 1 aliphatic rings. The zero-order chi connectivity index (χ0) is 9.42. The van der Waals surface area contributed by atoms with E-state index in [-0.39, 0.29) is 0 Å². The van der Waals surface area contributed by atoms with E-state index in [0.29, 0.717) is 0 Å². The van der Waals surface area contributed by atoms with E-state index in [9.17, 15) is 0 Å². The van der Waals surface area contributed by atoms with E-state index in [1.54, 1.807) is 10.8 Å². The van der Waals surface area contributed by atoms with E-state index in [2.05, 4.69) is 44.3 Å². The largest absolute Gasteiger partial charge is 0.0683 e. The average Bonchev–Trinajstić information content (AvgIpc) is 2.43. The lowest BCUT2D eigenvalue weighted by molar-refractivity contribution is 1.21. The van der Waals surface area contributed by atoms with Gasteiger partial charge in [-0.05, 0) is 24.5 Å². The van der Waals surface area contributed by atoms with Gasteiger partial charge in [-0.15, -0.1) is 0 Å². The van der Waals surface area contributed by atoms with E-state index in [1.165, 1.54) is 17.6 Å². The topological polar surface area (TPSA) is 0 Å². The first-order valence-corrected chi connectivity index (χ1v) is 7.86. The van der Waals surface area contributed by atoms with Crippen LogP contribution in [0.15, 0.2) is 23.8 Å². The molecule has 0 radical (unpaired) electrons. The Hall–Kier alpha value is -0.823. The molecule has 1 aromatic carbocycles. The number of rotatable bonds is 1. The van der Waals surface area contributed by atoms with Crippen molar-refractivity contribution >= 4 is 20.1 Å². The lowest BCUT2D eigenvalue weighted by Crippen LogP contribution is -2.26. The van der Waals surface area contributed by atoms with Gasteiger partial charge >= 0.3 is 0 Å². The highest BCUT2D eigenvalue weighted by Gasteiger charge is 2.15. The van der Waals surface area contributed by atoms with E-state index in [1.807, 2.05) is 0 Å². The van der Waals surface area contributed by atoms with Crippen LogP contribution >= 0.6 is 0 Å². The Labute approximate surface area is 81.9 Å². The standard InChI is InChI=1S/C12H16Si/c1-9-7-10-5-4-6-12(13(2)3)11(10)8-9/h4-7,13H,8H2,1-3H3. The molecule has 0 spiro atoms. The first-order valence-electron chi connectivity index (χ1n) is 4.97. The van der Waals surface area contributed by atoms with Crippen molar-refractivity contribution in [2.45, 2.75) is 26.4 Å². The lowest BCUT2D eigenvalue weighted by Gasteiger charge is -2.10. The Morgan fingerprint density at radius 2 is 2.00 bits per heavy atom. The molecule has 0 nitrogen and oxygen atoms in total. The number of allylic oxidation sites excluding steroid dienone is 1. The predicted molar refractivity (Wildman–Crippen MR) is 62.3 cm³/mol. The van der Waals surface area contributed by atoms with Gasteiger partial charge in [0.1, 0.15) is 0 Å². The summed E-state index contributed by atoms with van der Waals surface area (Å²) in [5.74, 6) is 0. The minimum absolute atomic E-state index is 0.634. The molecule has 1 heteroatoms. The second kappa shape index (κ2) is 3.15. The van der Waals surface area contributed by atoms with Gasteiger partial charge in [0.2, 0.25) is 0 Å². The smallest absolute Gasteiger partial charge is 0.0651 e. The summed E-state index contributed by atoms with van der Waals surface area (Å²) in [7, 11) is -0.634. The molecule has 2 rings (SSSR count). The summed E-state index contributed by atoms with van der Waals surface area (Å²) >= 11 is 0. The summed E-state index contributed by atoms with van der Waals surface area (Å²) in [6.45, 7) is 7.04. The maximum Gasteiger partial charge on any atom is 0.0651 e. The van der Waals surface area contributed by atoms with Crippen molar-refractivity contribution in [2.24, 2.45) is 0 Å². The molecular formula is C12H16Si. The Morgan fingerprint density at radius 3 is 2.69 bits per heavy atom. The van der Waals surface area contributed by atoms with Gasteiger partial charge in [0.15, 0.2) is 0 Å². The van der Waals surface area contributed by atoms with Crippen molar-refractivity contribution in [1.29, 1.82) is 0 Å². The molecule has 1 aromatic rings. The monoisotopic (exact) mass is 188 g/mol. The third-order valence-corrected chi connectivity index (χ3v) is 4.51. The third-order valence-electron chi connectivity index (χ3n) is 2.73. The number of hydrogen-bond acceptors (Lipinski definition) is 0. The number of fused-ring (bicyclic) bond motifs is 1. The van der Waals surface area contributed by atoms with Crippen molar-refractivity contribution in [3.63, 3.8) is 0 Å². The third kappa shape index (κ3) is 1.48. The molecule has 13 heavy (non-hydrogen) atoms. The van der Waals surface area contributed by atoms with Gasteiger partial charge in [-0.1, -0.05) is 48.1 Å². The Bertz CT molecular complexity index is 361. The predicted octanol–water partition coefficient (Wildman–Crippen LogP) is 2.34. The van der Waals surface area contributed by atoms with Crippen molar-refractivity contribution in [3.8, 4) is 0 Å². The van der Waals surface area contributed by atoms with Gasteiger partial charge in [0.25, 0.3) is 0 Å². The van der Waals surface area contributed by atoms with Crippen LogP contribution in [0.4, 0.5) is 0 Å². The fourth-order valence-electron chi connectivity index (χ4n) is 2.10. The fraction of sp³-hybridized carbons (Fsp3) is 0.333. The summed E-state index contributed by atoms with van der Waals surface area (Å²) < 4.78 is 0. The van der Waals surface area contributed by atoms with Crippen LogP contribution in [-0.4, -0.2) is 8.80 Å². The molecule has 1 aliphatic carbocycles. The molecule has 0 amide bonds. The fourth-order valence-corrected chi connectivity index (χ4v) is 3.56. The Kier molecular flexibility index (Phi) is 2.12. The molecule has 0 heterocycles. The van der Waals surface area contributed by atoms with Crippen LogP contribution in [0.5, 0.6) is 0 Å². The zero-order valence-electron chi connectivity index (χ0n) is 8.59. The SMILES string of the molecule is CC1=Cc2cccc([SiH](C)C)c2C1. The molecule has 0 saturated heterocycles. The number of benzene rings is 1. The van der Waals surface area contributed by atoms with Crippen LogP contribution in [0.25, 0.3) is 6.08 Å². The van der Waals surface area contributed by atoms with Gasteiger partial charge in [0.05, 0.1) is 8.80 Å². The summed E-state index contributed by atoms with van der Waals surface area (Å²) in [4.78, 5) is 0.